The molecule has 162 valence electrons. The summed E-state index contributed by atoms with van der Waals surface area (Å²) in [5.41, 5.74) is 1.66. The van der Waals surface area contributed by atoms with Gasteiger partial charge in [0, 0.05) is 23.2 Å². The average molecular weight is 447 g/mol. The van der Waals surface area contributed by atoms with E-state index in [1.165, 1.54) is 24.3 Å². The van der Waals surface area contributed by atoms with E-state index >= 15 is 0 Å². The number of nitrogens with one attached hydrogen (secondary N) is 1. The molecule has 0 bridgehead atoms. The lowest BCUT2D eigenvalue weighted by Gasteiger charge is -2.05. The zero-order valence-corrected chi connectivity index (χ0v) is 17.3. The Labute approximate surface area is 181 Å². The van der Waals surface area contributed by atoms with Crippen LogP contribution in [0.15, 0.2) is 58.2 Å². The molecule has 0 aliphatic heterocycles. The van der Waals surface area contributed by atoms with Gasteiger partial charge in [-0.15, -0.1) is 10.2 Å². The maximum atomic E-state index is 12.4. The summed E-state index contributed by atoms with van der Waals surface area (Å²) in [6.07, 6.45) is 1.20. The second-order valence-electron chi connectivity index (χ2n) is 6.36. The Morgan fingerprint density at radius 2 is 1.81 bits per heavy atom. The Morgan fingerprint density at radius 1 is 1.10 bits per heavy atom. The number of nitrogens with zero attached hydrogens (tertiary/aromatic N) is 2. The SMILES string of the molecule is CCCC(=O)Nc1ccc(C(=O)CSc2nnc(-c3ccc(OC(F)F)cc3)o2)cc1. The van der Waals surface area contributed by atoms with E-state index < -0.39 is 6.61 Å². The van der Waals surface area contributed by atoms with Crippen molar-refractivity contribution in [2.45, 2.75) is 31.6 Å². The monoisotopic (exact) mass is 447 g/mol. The van der Waals surface area contributed by atoms with Crippen LogP contribution in [0.1, 0.15) is 30.1 Å². The summed E-state index contributed by atoms with van der Waals surface area (Å²) in [6.45, 7) is -0.974. The first-order valence-electron chi connectivity index (χ1n) is 9.39. The number of rotatable bonds is 10. The highest BCUT2D eigenvalue weighted by Gasteiger charge is 2.13. The summed E-state index contributed by atoms with van der Waals surface area (Å²) in [4.78, 5) is 24.0. The number of anilines is 1. The minimum Gasteiger partial charge on any atom is -0.435 e. The van der Waals surface area contributed by atoms with Gasteiger partial charge in [-0.05, 0) is 55.0 Å². The number of hydrogen-bond acceptors (Lipinski definition) is 7. The first-order valence-corrected chi connectivity index (χ1v) is 10.4. The van der Waals surface area contributed by atoms with Crippen molar-refractivity contribution in [3.8, 4) is 17.2 Å². The van der Waals surface area contributed by atoms with Gasteiger partial charge in [-0.2, -0.15) is 8.78 Å². The number of aromatic nitrogens is 2. The van der Waals surface area contributed by atoms with E-state index in [1.54, 1.807) is 24.3 Å². The van der Waals surface area contributed by atoms with Crippen LogP contribution in [-0.4, -0.2) is 34.3 Å². The molecule has 0 saturated heterocycles. The van der Waals surface area contributed by atoms with E-state index in [0.29, 0.717) is 23.2 Å². The highest BCUT2D eigenvalue weighted by atomic mass is 32.2. The molecule has 3 rings (SSSR count). The highest BCUT2D eigenvalue weighted by Crippen LogP contribution is 2.26. The van der Waals surface area contributed by atoms with Crippen LogP contribution in [0.2, 0.25) is 0 Å². The Kier molecular flexibility index (Phi) is 7.71. The van der Waals surface area contributed by atoms with E-state index in [4.69, 9.17) is 4.42 Å². The standard InChI is InChI=1S/C21H19F2N3O4S/c1-2-3-18(28)24-15-8-4-13(5-9-15)17(27)12-31-21-26-25-19(30-21)14-6-10-16(11-7-14)29-20(22)23/h4-11,20H,2-3,12H2,1H3,(H,24,28). The van der Waals surface area contributed by atoms with E-state index in [-0.39, 0.29) is 34.3 Å². The smallest absolute Gasteiger partial charge is 0.387 e. The van der Waals surface area contributed by atoms with E-state index in [1.807, 2.05) is 6.92 Å². The van der Waals surface area contributed by atoms with Crippen LogP contribution >= 0.6 is 11.8 Å². The van der Waals surface area contributed by atoms with Crippen molar-refractivity contribution in [3.05, 3.63) is 54.1 Å². The first-order chi connectivity index (χ1) is 14.9. The number of alkyl halides is 2. The van der Waals surface area contributed by atoms with Crippen LogP contribution in [0.5, 0.6) is 5.75 Å². The molecule has 10 heteroatoms. The molecule has 7 nitrogen and oxygen atoms in total. The van der Waals surface area contributed by atoms with Gasteiger partial charge in [-0.3, -0.25) is 9.59 Å². The molecule has 31 heavy (non-hydrogen) atoms. The lowest BCUT2D eigenvalue weighted by Crippen LogP contribution is -2.10. The van der Waals surface area contributed by atoms with Crippen molar-refractivity contribution in [1.29, 1.82) is 0 Å². The van der Waals surface area contributed by atoms with Crippen molar-refractivity contribution >= 4 is 29.1 Å². The van der Waals surface area contributed by atoms with Gasteiger partial charge in [0.2, 0.25) is 11.8 Å². The molecule has 0 fully saturated rings. The lowest BCUT2D eigenvalue weighted by atomic mass is 10.1. The molecule has 1 heterocycles. The van der Waals surface area contributed by atoms with Crippen molar-refractivity contribution in [2.24, 2.45) is 0 Å². The fourth-order valence-electron chi connectivity index (χ4n) is 2.56. The van der Waals surface area contributed by atoms with Gasteiger partial charge in [-0.1, -0.05) is 18.7 Å². The van der Waals surface area contributed by atoms with Gasteiger partial charge in [0.1, 0.15) is 5.75 Å². The summed E-state index contributed by atoms with van der Waals surface area (Å²) >= 11 is 1.09. The molecule has 3 aromatic rings. The molecule has 0 saturated carbocycles. The molecule has 0 spiro atoms. The van der Waals surface area contributed by atoms with E-state index in [9.17, 15) is 18.4 Å². The van der Waals surface area contributed by atoms with Gasteiger partial charge < -0.3 is 14.5 Å². The van der Waals surface area contributed by atoms with Crippen molar-refractivity contribution < 1.29 is 27.5 Å². The number of halogens is 2. The maximum Gasteiger partial charge on any atom is 0.387 e. The van der Waals surface area contributed by atoms with Gasteiger partial charge in [0.25, 0.3) is 5.22 Å². The Bertz CT molecular complexity index is 1020. The van der Waals surface area contributed by atoms with Crippen LogP contribution in [0, 0.1) is 0 Å². The van der Waals surface area contributed by atoms with E-state index in [2.05, 4.69) is 20.3 Å². The van der Waals surface area contributed by atoms with Crippen molar-refractivity contribution in [1.82, 2.24) is 10.2 Å². The van der Waals surface area contributed by atoms with Crippen molar-refractivity contribution in [2.75, 3.05) is 11.1 Å². The number of carbonyl (C=O) groups excluding carboxylic acids is 2. The molecule has 0 unspecified atom stereocenters. The number of benzene rings is 2. The number of ether oxygens (including phenoxy) is 1. The Morgan fingerprint density at radius 3 is 2.45 bits per heavy atom. The Hall–Kier alpha value is -3.27. The fraction of sp³-hybridized carbons (Fsp3) is 0.238. The van der Waals surface area contributed by atoms with Crippen LogP contribution in [0.25, 0.3) is 11.5 Å². The first kappa shape index (κ1) is 22.4. The average Bonchev–Trinajstić information content (AvgIpc) is 3.22. The number of amides is 1. The lowest BCUT2D eigenvalue weighted by molar-refractivity contribution is -0.116. The quantitative estimate of drug-likeness (QED) is 0.343. The van der Waals surface area contributed by atoms with Crippen molar-refractivity contribution in [3.63, 3.8) is 0 Å². The molecule has 0 atom stereocenters. The van der Waals surface area contributed by atoms with Gasteiger partial charge in [0.05, 0.1) is 5.75 Å². The van der Waals surface area contributed by atoms with E-state index in [0.717, 1.165) is 18.2 Å². The topological polar surface area (TPSA) is 94.3 Å². The largest absolute Gasteiger partial charge is 0.435 e. The third kappa shape index (κ3) is 6.61. The Balaban J connectivity index is 1.54. The molecule has 1 amide bonds. The van der Waals surface area contributed by atoms with Gasteiger partial charge in [0.15, 0.2) is 5.78 Å². The minimum absolute atomic E-state index is 0.0226. The summed E-state index contributed by atoms with van der Waals surface area (Å²) in [5, 5.41) is 10.8. The number of ketones is 1. The molecule has 1 N–H and O–H groups in total. The number of thioether (sulfide) groups is 1. The molecule has 0 radical (unpaired) electrons. The summed E-state index contributed by atoms with van der Waals surface area (Å²) in [6, 6.07) is 12.4. The second kappa shape index (κ2) is 10.7. The summed E-state index contributed by atoms with van der Waals surface area (Å²) < 4.78 is 34.2. The predicted molar refractivity (Wildman–Crippen MR) is 111 cm³/mol. The zero-order chi connectivity index (χ0) is 22.2. The number of hydrogen-bond donors (Lipinski definition) is 1. The molecular weight excluding hydrogens is 428 g/mol. The third-order valence-corrected chi connectivity index (χ3v) is 4.85. The van der Waals surface area contributed by atoms with Crippen LogP contribution in [0.4, 0.5) is 14.5 Å². The molecular formula is C21H19F2N3O4S. The predicted octanol–water partition coefficient (Wildman–Crippen LogP) is 5.05. The van der Waals surface area contributed by atoms with Crippen LogP contribution in [0.3, 0.4) is 0 Å². The molecule has 1 aromatic heterocycles. The zero-order valence-electron chi connectivity index (χ0n) is 16.5. The number of Topliss-reactive ketones (excluding diaryl/α,β-unsaturated/α-hetero) is 1. The fourth-order valence-corrected chi connectivity index (χ4v) is 3.22. The van der Waals surface area contributed by atoms with Gasteiger partial charge in [-0.25, -0.2) is 0 Å². The number of carbonyl (C=O) groups is 2. The molecule has 2 aromatic carbocycles. The summed E-state index contributed by atoms with van der Waals surface area (Å²) in [5.74, 6) is 0.106. The molecule has 0 aliphatic rings. The normalized spacial score (nSPS) is 10.8. The third-order valence-electron chi connectivity index (χ3n) is 4.03. The van der Waals surface area contributed by atoms with Crippen LogP contribution < -0.4 is 10.1 Å². The highest BCUT2D eigenvalue weighted by molar-refractivity contribution is 7.99. The van der Waals surface area contributed by atoms with Crippen LogP contribution in [-0.2, 0) is 4.79 Å². The minimum atomic E-state index is -2.90. The second-order valence-corrected chi connectivity index (χ2v) is 7.29. The molecule has 0 aliphatic carbocycles. The summed E-state index contributed by atoms with van der Waals surface area (Å²) in [7, 11) is 0. The maximum absolute atomic E-state index is 12.4. The van der Waals surface area contributed by atoms with Gasteiger partial charge >= 0.3 is 6.61 Å².